The lowest BCUT2D eigenvalue weighted by Crippen LogP contribution is -2.37. The Balaban J connectivity index is 0.00000420. The average Bonchev–Trinajstić information content (AvgIpc) is 2.65. The molecular weight excluding hydrogens is 479 g/mol. The molecular formula is C22H31IN4O2. The number of halogens is 1. The van der Waals surface area contributed by atoms with E-state index in [0.717, 1.165) is 25.5 Å². The van der Waals surface area contributed by atoms with E-state index in [4.69, 9.17) is 4.74 Å². The molecule has 0 bridgehead atoms. The van der Waals surface area contributed by atoms with Gasteiger partial charge in [-0.2, -0.15) is 0 Å². The van der Waals surface area contributed by atoms with Crippen LogP contribution >= 0.6 is 24.0 Å². The fourth-order valence-corrected chi connectivity index (χ4v) is 2.50. The molecule has 0 unspecified atom stereocenters. The van der Waals surface area contributed by atoms with Gasteiger partial charge in [0.05, 0.1) is 0 Å². The van der Waals surface area contributed by atoms with Crippen LogP contribution in [-0.2, 0) is 17.7 Å². The number of hydrogen-bond acceptors (Lipinski definition) is 3. The molecule has 2 rings (SSSR count). The van der Waals surface area contributed by atoms with Crippen LogP contribution in [0.4, 0.5) is 10.5 Å². The van der Waals surface area contributed by atoms with Crippen LogP contribution < -0.4 is 16.0 Å². The van der Waals surface area contributed by atoms with Crippen molar-refractivity contribution in [3.05, 3.63) is 65.7 Å². The van der Waals surface area contributed by atoms with Gasteiger partial charge in [-0.1, -0.05) is 42.5 Å². The monoisotopic (exact) mass is 510 g/mol. The summed E-state index contributed by atoms with van der Waals surface area (Å²) in [6, 6.07) is 17.9. The zero-order valence-corrected chi connectivity index (χ0v) is 19.8. The Morgan fingerprint density at radius 1 is 0.966 bits per heavy atom. The lowest BCUT2D eigenvalue weighted by atomic mass is 10.1. The van der Waals surface area contributed by atoms with Gasteiger partial charge in [-0.25, -0.2) is 4.79 Å². The van der Waals surface area contributed by atoms with Crippen LogP contribution in [0.5, 0.6) is 0 Å². The van der Waals surface area contributed by atoms with E-state index in [9.17, 15) is 4.79 Å². The SMILES string of the molecule is CN=C(NCCc1ccc(NC(=O)OC(C)(C)C)cc1)NCc1ccccc1.I. The highest BCUT2D eigenvalue weighted by Gasteiger charge is 2.16. The van der Waals surface area contributed by atoms with Crippen molar-refractivity contribution in [2.75, 3.05) is 18.9 Å². The second-order valence-electron chi connectivity index (χ2n) is 7.41. The molecule has 3 N–H and O–H groups in total. The number of benzene rings is 2. The molecule has 6 nitrogen and oxygen atoms in total. The zero-order valence-electron chi connectivity index (χ0n) is 17.5. The van der Waals surface area contributed by atoms with Crippen molar-refractivity contribution in [1.29, 1.82) is 0 Å². The van der Waals surface area contributed by atoms with Gasteiger partial charge < -0.3 is 15.4 Å². The standard InChI is InChI=1S/C22H30N4O2.HI/c1-22(2,3)28-21(27)26-19-12-10-17(11-13-19)14-15-24-20(23-4)25-16-18-8-6-5-7-9-18;/h5-13H,14-16H2,1-4H3,(H,26,27)(H2,23,24,25);1H. The molecule has 158 valence electrons. The molecule has 0 atom stereocenters. The number of carbonyl (C=O) groups is 1. The second kappa shape index (κ2) is 12.3. The van der Waals surface area contributed by atoms with Gasteiger partial charge in [0.2, 0.25) is 0 Å². The number of aliphatic imine (C=N–C) groups is 1. The number of rotatable bonds is 6. The number of guanidine groups is 1. The second-order valence-corrected chi connectivity index (χ2v) is 7.41. The van der Waals surface area contributed by atoms with Crippen LogP contribution in [0.1, 0.15) is 31.9 Å². The third kappa shape index (κ3) is 10.2. The lowest BCUT2D eigenvalue weighted by Gasteiger charge is -2.19. The topological polar surface area (TPSA) is 74.8 Å². The third-order valence-corrected chi connectivity index (χ3v) is 3.83. The van der Waals surface area contributed by atoms with E-state index in [0.29, 0.717) is 5.69 Å². The largest absolute Gasteiger partial charge is 0.444 e. The van der Waals surface area contributed by atoms with Crippen molar-refractivity contribution in [3.8, 4) is 0 Å². The van der Waals surface area contributed by atoms with Crippen LogP contribution in [0, 0.1) is 0 Å². The molecule has 0 heterocycles. The summed E-state index contributed by atoms with van der Waals surface area (Å²) in [6.07, 6.45) is 0.397. The molecule has 0 aliphatic carbocycles. The minimum atomic E-state index is -0.511. The van der Waals surface area contributed by atoms with Gasteiger partial charge >= 0.3 is 6.09 Å². The van der Waals surface area contributed by atoms with Crippen molar-refractivity contribution < 1.29 is 9.53 Å². The first-order valence-corrected chi connectivity index (χ1v) is 9.43. The number of amides is 1. The number of nitrogens with zero attached hydrogens (tertiary/aromatic N) is 1. The van der Waals surface area contributed by atoms with E-state index in [2.05, 4.69) is 33.1 Å². The Morgan fingerprint density at radius 3 is 2.21 bits per heavy atom. The molecule has 7 heteroatoms. The first-order chi connectivity index (χ1) is 13.4. The van der Waals surface area contributed by atoms with Gasteiger partial charge in [0.25, 0.3) is 0 Å². The van der Waals surface area contributed by atoms with Crippen LogP contribution in [0.25, 0.3) is 0 Å². The van der Waals surface area contributed by atoms with Gasteiger partial charge in [-0.05, 0) is 50.5 Å². The zero-order chi connectivity index (χ0) is 20.4. The van der Waals surface area contributed by atoms with E-state index in [1.807, 2.05) is 63.2 Å². The van der Waals surface area contributed by atoms with Gasteiger partial charge in [0.1, 0.15) is 5.60 Å². The van der Waals surface area contributed by atoms with Gasteiger partial charge in [0.15, 0.2) is 5.96 Å². The van der Waals surface area contributed by atoms with E-state index in [-0.39, 0.29) is 24.0 Å². The van der Waals surface area contributed by atoms with Crippen molar-refractivity contribution in [3.63, 3.8) is 0 Å². The quantitative estimate of drug-likeness (QED) is 0.303. The third-order valence-electron chi connectivity index (χ3n) is 3.83. The number of nitrogens with one attached hydrogen (secondary N) is 3. The lowest BCUT2D eigenvalue weighted by molar-refractivity contribution is 0.0636. The molecule has 29 heavy (non-hydrogen) atoms. The fraction of sp³-hybridized carbons (Fsp3) is 0.364. The Labute approximate surface area is 190 Å². The number of ether oxygens (including phenoxy) is 1. The smallest absolute Gasteiger partial charge is 0.412 e. The molecule has 0 fully saturated rings. The Hall–Kier alpha value is -2.29. The number of hydrogen-bond donors (Lipinski definition) is 3. The van der Waals surface area contributed by atoms with Crippen molar-refractivity contribution in [2.45, 2.75) is 39.3 Å². The molecule has 0 saturated heterocycles. The maximum absolute atomic E-state index is 11.8. The summed E-state index contributed by atoms with van der Waals surface area (Å²) in [4.78, 5) is 16.0. The molecule has 0 aliphatic rings. The normalized spacial score (nSPS) is 11.2. The van der Waals surface area contributed by atoms with Gasteiger partial charge in [0, 0.05) is 25.8 Å². The Morgan fingerprint density at radius 2 is 1.62 bits per heavy atom. The van der Waals surface area contributed by atoms with E-state index >= 15 is 0 Å². The van der Waals surface area contributed by atoms with Crippen molar-refractivity contribution in [2.24, 2.45) is 4.99 Å². The first-order valence-electron chi connectivity index (χ1n) is 9.43. The summed E-state index contributed by atoms with van der Waals surface area (Å²) < 4.78 is 5.25. The molecule has 0 aromatic heterocycles. The van der Waals surface area contributed by atoms with E-state index < -0.39 is 11.7 Å². The molecule has 2 aromatic carbocycles. The highest BCUT2D eigenvalue weighted by Crippen LogP contribution is 2.13. The molecule has 2 aromatic rings. The predicted octanol–water partition coefficient (Wildman–Crippen LogP) is 4.56. The van der Waals surface area contributed by atoms with E-state index in [1.165, 1.54) is 11.1 Å². The summed E-state index contributed by atoms with van der Waals surface area (Å²) in [6.45, 7) is 7.00. The summed E-state index contributed by atoms with van der Waals surface area (Å²) in [5.41, 5.74) is 2.58. The predicted molar refractivity (Wildman–Crippen MR) is 130 cm³/mol. The van der Waals surface area contributed by atoms with Gasteiger partial charge in [-0.3, -0.25) is 10.3 Å². The highest BCUT2D eigenvalue weighted by atomic mass is 127. The minimum Gasteiger partial charge on any atom is -0.444 e. The van der Waals surface area contributed by atoms with Crippen LogP contribution in [0.3, 0.4) is 0 Å². The van der Waals surface area contributed by atoms with Crippen LogP contribution in [0.2, 0.25) is 0 Å². The number of anilines is 1. The first kappa shape index (κ1) is 24.7. The summed E-state index contributed by atoms with van der Waals surface area (Å²) in [5, 5.41) is 9.34. The Kier molecular flexibility index (Phi) is 10.5. The van der Waals surface area contributed by atoms with E-state index in [1.54, 1.807) is 7.05 Å². The van der Waals surface area contributed by atoms with Crippen LogP contribution in [0.15, 0.2) is 59.6 Å². The summed E-state index contributed by atoms with van der Waals surface area (Å²) >= 11 is 0. The highest BCUT2D eigenvalue weighted by molar-refractivity contribution is 14.0. The molecule has 0 aliphatic heterocycles. The summed E-state index contributed by atoms with van der Waals surface area (Å²) in [5.74, 6) is 0.770. The molecule has 0 spiro atoms. The average molecular weight is 510 g/mol. The fourth-order valence-electron chi connectivity index (χ4n) is 2.50. The van der Waals surface area contributed by atoms with Crippen molar-refractivity contribution in [1.82, 2.24) is 10.6 Å². The van der Waals surface area contributed by atoms with Crippen molar-refractivity contribution >= 4 is 41.7 Å². The Bertz CT molecular complexity index is 772. The maximum atomic E-state index is 11.8. The van der Waals surface area contributed by atoms with Crippen LogP contribution in [-0.4, -0.2) is 31.2 Å². The molecule has 0 radical (unpaired) electrons. The molecule has 0 saturated carbocycles. The maximum Gasteiger partial charge on any atom is 0.412 e. The summed E-state index contributed by atoms with van der Waals surface area (Å²) in [7, 11) is 1.76. The minimum absolute atomic E-state index is 0. The number of carbonyl (C=O) groups excluding carboxylic acids is 1. The van der Waals surface area contributed by atoms with Gasteiger partial charge in [-0.15, -0.1) is 24.0 Å². The molecule has 1 amide bonds.